The standard InChI is InChI=1S/C19H31N5OS/c1-8-20-17(22-9-13-12-26-16(24-13)19(5,6)7)23-11-15-21-10-14(25-15)18(2,3)4/h10,12H,8-9,11H2,1-7H3,(H2,20,22,23). The fourth-order valence-corrected chi connectivity index (χ4v) is 3.02. The Labute approximate surface area is 160 Å². The number of thiazole rings is 1. The van der Waals surface area contributed by atoms with Gasteiger partial charge in [0.2, 0.25) is 5.89 Å². The van der Waals surface area contributed by atoms with Crippen LogP contribution in [-0.4, -0.2) is 22.5 Å². The third kappa shape index (κ3) is 5.83. The van der Waals surface area contributed by atoms with Crippen LogP contribution in [0, 0.1) is 0 Å². The van der Waals surface area contributed by atoms with Crippen molar-refractivity contribution < 1.29 is 4.42 Å². The van der Waals surface area contributed by atoms with E-state index in [4.69, 9.17) is 4.42 Å². The molecule has 2 aromatic rings. The molecule has 0 aliphatic carbocycles. The average Bonchev–Trinajstić information content (AvgIpc) is 3.18. The van der Waals surface area contributed by atoms with Crippen molar-refractivity contribution in [1.82, 2.24) is 20.6 Å². The molecule has 0 spiro atoms. The molecule has 0 aliphatic rings. The van der Waals surface area contributed by atoms with Crippen LogP contribution >= 0.6 is 11.3 Å². The average molecular weight is 378 g/mol. The summed E-state index contributed by atoms with van der Waals surface area (Å²) in [6.45, 7) is 16.7. The summed E-state index contributed by atoms with van der Waals surface area (Å²) in [6, 6.07) is 0. The van der Waals surface area contributed by atoms with Crippen LogP contribution in [0.2, 0.25) is 0 Å². The molecule has 0 fully saturated rings. The number of rotatable bonds is 5. The van der Waals surface area contributed by atoms with Gasteiger partial charge in [0.05, 0.1) is 30.0 Å². The van der Waals surface area contributed by atoms with E-state index in [1.807, 2.05) is 6.92 Å². The predicted octanol–water partition coefficient (Wildman–Crippen LogP) is 3.98. The zero-order valence-corrected chi connectivity index (χ0v) is 17.8. The Morgan fingerprint density at radius 3 is 2.42 bits per heavy atom. The second kappa shape index (κ2) is 8.20. The van der Waals surface area contributed by atoms with Crippen LogP contribution in [-0.2, 0) is 23.9 Å². The van der Waals surface area contributed by atoms with Crippen molar-refractivity contribution in [2.45, 2.75) is 72.4 Å². The molecule has 6 nitrogen and oxygen atoms in total. The first kappa shape index (κ1) is 20.4. The van der Waals surface area contributed by atoms with E-state index in [0.717, 1.165) is 29.0 Å². The molecule has 2 heterocycles. The first-order valence-electron chi connectivity index (χ1n) is 9.02. The van der Waals surface area contributed by atoms with E-state index in [1.165, 1.54) is 0 Å². The van der Waals surface area contributed by atoms with E-state index < -0.39 is 0 Å². The van der Waals surface area contributed by atoms with Crippen LogP contribution in [0.25, 0.3) is 0 Å². The second-order valence-corrected chi connectivity index (χ2v) is 9.17. The number of hydrogen-bond donors (Lipinski definition) is 2. The van der Waals surface area contributed by atoms with E-state index in [1.54, 1.807) is 17.5 Å². The van der Waals surface area contributed by atoms with Gasteiger partial charge in [-0.05, 0) is 6.92 Å². The van der Waals surface area contributed by atoms with Gasteiger partial charge in [0.15, 0.2) is 5.96 Å². The molecule has 0 saturated carbocycles. The Morgan fingerprint density at radius 2 is 1.88 bits per heavy atom. The number of guanidine groups is 1. The summed E-state index contributed by atoms with van der Waals surface area (Å²) in [5, 5.41) is 9.72. The fourth-order valence-electron chi connectivity index (χ4n) is 2.12. The summed E-state index contributed by atoms with van der Waals surface area (Å²) in [7, 11) is 0. The van der Waals surface area contributed by atoms with Gasteiger partial charge in [-0.25, -0.2) is 15.0 Å². The number of aliphatic imine (C=N–C) groups is 1. The van der Waals surface area contributed by atoms with Gasteiger partial charge in [-0.3, -0.25) is 0 Å². The van der Waals surface area contributed by atoms with Gasteiger partial charge in [-0.1, -0.05) is 41.5 Å². The molecule has 0 atom stereocenters. The molecule has 144 valence electrons. The van der Waals surface area contributed by atoms with Crippen molar-refractivity contribution in [2.24, 2.45) is 4.99 Å². The van der Waals surface area contributed by atoms with Crippen LogP contribution in [0.4, 0.5) is 0 Å². The normalized spacial score (nSPS) is 13.1. The van der Waals surface area contributed by atoms with Crippen molar-refractivity contribution in [3.05, 3.63) is 33.9 Å². The molecule has 0 unspecified atom stereocenters. The number of nitrogens with zero attached hydrogens (tertiary/aromatic N) is 3. The van der Waals surface area contributed by atoms with Gasteiger partial charge in [0, 0.05) is 22.8 Å². The van der Waals surface area contributed by atoms with Crippen LogP contribution in [0.15, 0.2) is 21.0 Å². The lowest BCUT2D eigenvalue weighted by molar-refractivity contribution is 0.379. The lowest BCUT2D eigenvalue weighted by atomic mass is 9.94. The SMILES string of the molecule is CCNC(=NCc1csc(C(C)(C)C)n1)NCc1ncc(C(C)(C)C)o1. The molecule has 7 heteroatoms. The summed E-state index contributed by atoms with van der Waals surface area (Å²) in [5.41, 5.74) is 1.02. The zero-order chi connectivity index (χ0) is 19.4. The molecule has 0 radical (unpaired) electrons. The lowest BCUT2D eigenvalue weighted by Crippen LogP contribution is -2.36. The molecule has 0 amide bonds. The largest absolute Gasteiger partial charge is 0.443 e. The van der Waals surface area contributed by atoms with E-state index in [0.29, 0.717) is 19.0 Å². The lowest BCUT2D eigenvalue weighted by Gasteiger charge is -2.13. The van der Waals surface area contributed by atoms with Gasteiger partial charge in [-0.2, -0.15) is 0 Å². The minimum absolute atomic E-state index is 0.0424. The molecule has 2 N–H and O–H groups in total. The molecule has 0 aliphatic heterocycles. The molecular formula is C19H31N5OS. The van der Waals surface area contributed by atoms with Gasteiger partial charge in [0.1, 0.15) is 5.76 Å². The Kier molecular flexibility index (Phi) is 6.44. The van der Waals surface area contributed by atoms with Gasteiger partial charge < -0.3 is 15.1 Å². The summed E-state index contributed by atoms with van der Waals surface area (Å²) >= 11 is 1.69. The topological polar surface area (TPSA) is 75.3 Å². The maximum atomic E-state index is 5.81. The molecule has 0 bridgehead atoms. The summed E-state index contributed by atoms with van der Waals surface area (Å²) in [4.78, 5) is 13.6. The third-order valence-corrected chi connectivity index (χ3v) is 4.95. The monoisotopic (exact) mass is 377 g/mol. The molecular weight excluding hydrogens is 346 g/mol. The maximum absolute atomic E-state index is 5.81. The summed E-state index contributed by atoms with van der Waals surface area (Å²) in [6.07, 6.45) is 1.80. The second-order valence-electron chi connectivity index (χ2n) is 8.31. The molecule has 2 rings (SSSR count). The fraction of sp³-hybridized carbons (Fsp3) is 0.632. The van der Waals surface area contributed by atoms with Crippen molar-refractivity contribution in [1.29, 1.82) is 0 Å². The van der Waals surface area contributed by atoms with Crippen molar-refractivity contribution in [3.8, 4) is 0 Å². The third-order valence-electron chi connectivity index (χ3n) is 3.64. The Balaban J connectivity index is 1.98. The minimum Gasteiger partial charge on any atom is -0.443 e. The number of nitrogens with one attached hydrogen (secondary N) is 2. The number of hydrogen-bond acceptors (Lipinski definition) is 5. The zero-order valence-electron chi connectivity index (χ0n) is 16.9. The van der Waals surface area contributed by atoms with Crippen molar-refractivity contribution in [3.63, 3.8) is 0 Å². The molecule has 2 aromatic heterocycles. The first-order chi connectivity index (χ1) is 12.1. The molecule has 26 heavy (non-hydrogen) atoms. The molecule has 0 aromatic carbocycles. The number of oxazole rings is 1. The van der Waals surface area contributed by atoms with Crippen molar-refractivity contribution in [2.75, 3.05) is 6.54 Å². The smallest absolute Gasteiger partial charge is 0.213 e. The van der Waals surface area contributed by atoms with Crippen LogP contribution in [0.1, 0.15) is 70.8 Å². The van der Waals surface area contributed by atoms with E-state index >= 15 is 0 Å². The van der Waals surface area contributed by atoms with E-state index in [9.17, 15) is 0 Å². The van der Waals surface area contributed by atoms with Gasteiger partial charge in [0.25, 0.3) is 0 Å². The quantitative estimate of drug-likeness (QED) is 0.609. The highest BCUT2D eigenvalue weighted by atomic mass is 32.1. The maximum Gasteiger partial charge on any atom is 0.213 e. The van der Waals surface area contributed by atoms with Crippen LogP contribution in [0.3, 0.4) is 0 Å². The first-order valence-corrected chi connectivity index (χ1v) is 9.90. The predicted molar refractivity (Wildman–Crippen MR) is 108 cm³/mol. The highest BCUT2D eigenvalue weighted by molar-refractivity contribution is 7.09. The number of aromatic nitrogens is 2. The Morgan fingerprint density at radius 1 is 1.15 bits per heavy atom. The summed E-state index contributed by atoms with van der Waals surface area (Å²) in [5.74, 6) is 2.27. The van der Waals surface area contributed by atoms with Crippen molar-refractivity contribution >= 4 is 17.3 Å². The highest BCUT2D eigenvalue weighted by Crippen LogP contribution is 2.25. The Hall–Kier alpha value is -1.89. The summed E-state index contributed by atoms with van der Waals surface area (Å²) < 4.78 is 5.81. The van der Waals surface area contributed by atoms with E-state index in [2.05, 4.69) is 72.5 Å². The van der Waals surface area contributed by atoms with E-state index in [-0.39, 0.29) is 10.8 Å². The van der Waals surface area contributed by atoms with Crippen LogP contribution < -0.4 is 10.6 Å². The highest BCUT2D eigenvalue weighted by Gasteiger charge is 2.19. The molecule has 0 saturated heterocycles. The van der Waals surface area contributed by atoms with Gasteiger partial charge in [-0.15, -0.1) is 11.3 Å². The minimum atomic E-state index is -0.0424. The van der Waals surface area contributed by atoms with Gasteiger partial charge >= 0.3 is 0 Å². The van der Waals surface area contributed by atoms with Crippen LogP contribution in [0.5, 0.6) is 0 Å². The Bertz CT molecular complexity index is 734.